The molecule has 0 saturated heterocycles. The van der Waals surface area contributed by atoms with Crippen LogP contribution in [0.3, 0.4) is 0 Å². The molecule has 0 spiro atoms. The van der Waals surface area contributed by atoms with Crippen molar-refractivity contribution in [2.45, 2.75) is 44.8 Å². The third-order valence-electron chi connectivity index (χ3n) is 5.12. The number of para-hydroxylation sites is 2. The molecule has 1 fully saturated rings. The minimum Gasteiger partial charge on any atom is -0.491 e. The maximum Gasteiger partial charge on any atom is 0.122 e. The van der Waals surface area contributed by atoms with Crippen LogP contribution in [-0.4, -0.2) is 27.4 Å². The van der Waals surface area contributed by atoms with Crippen molar-refractivity contribution in [1.82, 2.24) is 9.55 Å². The predicted molar refractivity (Wildman–Crippen MR) is 104 cm³/mol. The summed E-state index contributed by atoms with van der Waals surface area (Å²) in [5.41, 5.74) is 3.04. The number of fused-ring (bicyclic) bond motifs is 1. The molecule has 3 aromatic rings. The van der Waals surface area contributed by atoms with Gasteiger partial charge in [-0.25, -0.2) is 4.98 Å². The highest BCUT2D eigenvalue weighted by atomic mass is 35.5. The molecule has 1 unspecified atom stereocenters. The Labute approximate surface area is 158 Å². The van der Waals surface area contributed by atoms with E-state index >= 15 is 0 Å². The van der Waals surface area contributed by atoms with E-state index in [0.29, 0.717) is 17.5 Å². The Morgan fingerprint density at radius 1 is 1.27 bits per heavy atom. The highest BCUT2D eigenvalue weighted by Gasteiger charge is 2.26. The van der Waals surface area contributed by atoms with Crippen molar-refractivity contribution in [2.75, 3.05) is 6.61 Å². The van der Waals surface area contributed by atoms with E-state index in [1.165, 1.54) is 19.3 Å². The second-order valence-electron chi connectivity index (χ2n) is 7.07. The summed E-state index contributed by atoms with van der Waals surface area (Å²) >= 11 is 5.98. The third kappa shape index (κ3) is 3.44. The van der Waals surface area contributed by atoms with Crippen LogP contribution in [0, 0.1) is 6.92 Å². The van der Waals surface area contributed by atoms with E-state index in [2.05, 4.69) is 10.6 Å². The average Bonchev–Trinajstić information content (AvgIpc) is 2.91. The molecule has 1 heterocycles. The largest absolute Gasteiger partial charge is 0.491 e. The Hall–Kier alpha value is -2.04. The van der Waals surface area contributed by atoms with Crippen LogP contribution in [0.2, 0.25) is 5.02 Å². The normalized spacial score (nSPS) is 15.8. The number of nitrogens with zero attached hydrogens (tertiary/aromatic N) is 2. The molecule has 4 nitrogen and oxygen atoms in total. The van der Waals surface area contributed by atoms with Crippen LogP contribution in [0.25, 0.3) is 11.0 Å². The Balaban J connectivity index is 1.51. The molecule has 26 heavy (non-hydrogen) atoms. The zero-order chi connectivity index (χ0) is 18.1. The van der Waals surface area contributed by atoms with Crippen molar-refractivity contribution >= 4 is 22.6 Å². The second kappa shape index (κ2) is 7.29. The number of hydrogen-bond acceptors (Lipinski definition) is 3. The topological polar surface area (TPSA) is 47.3 Å². The van der Waals surface area contributed by atoms with Gasteiger partial charge in [-0.15, -0.1) is 0 Å². The van der Waals surface area contributed by atoms with Gasteiger partial charge in [0.1, 0.15) is 24.3 Å². The Morgan fingerprint density at radius 2 is 2.08 bits per heavy atom. The van der Waals surface area contributed by atoms with Gasteiger partial charge >= 0.3 is 0 Å². The monoisotopic (exact) mass is 370 g/mol. The fourth-order valence-corrected chi connectivity index (χ4v) is 3.71. The lowest BCUT2D eigenvalue weighted by atomic mass is 9.85. The number of hydrogen-bond donors (Lipinski definition) is 1. The van der Waals surface area contributed by atoms with Gasteiger partial charge in [0.05, 0.1) is 17.6 Å². The zero-order valence-electron chi connectivity index (χ0n) is 14.9. The summed E-state index contributed by atoms with van der Waals surface area (Å²) in [5, 5.41) is 11.3. The molecular formula is C21H23ClN2O2. The smallest absolute Gasteiger partial charge is 0.122 e. The molecule has 2 aromatic carbocycles. The van der Waals surface area contributed by atoms with Gasteiger partial charge in [-0.3, -0.25) is 0 Å². The molecule has 136 valence electrons. The average molecular weight is 371 g/mol. The number of halogens is 1. The van der Waals surface area contributed by atoms with Gasteiger partial charge in [-0.2, -0.15) is 0 Å². The first kappa shape index (κ1) is 17.4. The molecule has 1 N–H and O–H groups in total. The van der Waals surface area contributed by atoms with Crippen molar-refractivity contribution < 1.29 is 9.84 Å². The maximum atomic E-state index is 10.6. The Kier molecular flexibility index (Phi) is 4.88. The fourth-order valence-electron chi connectivity index (χ4n) is 3.49. The van der Waals surface area contributed by atoms with Crippen LogP contribution in [0.15, 0.2) is 42.5 Å². The van der Waals surface area contributed by atoms with Crippen LogP contribution in [-0.2, 0) is 6.54 Å². The van der Waals surface area contributed by atoms with Gasteiger partial charge < -0.3 is 14.4 Å². The number of aromatic nitrogens is 2. The molecule has 1 aliphatic rings. The summed E-state index contributed by atoms with van der Waals surface area (Å²) in [4.78, 5) is 4.83. The zero-order valence-corrected chi connectivity index (χ0v) is 15.6. The summed E-state index contributed by atoms with van der Waals surface area (Å²) < 4.78 is 7.98. The van der Waals surface area contributed by atoms with Crippen LogP contribution in [0.1, 0.15) is 36.6 Å². The van der Waals surface area contributed by atoms with Crippen molar-refractivity contribution in [3.05, 3.63) is 58.9 Å². The lowest BCUT2D eigenvalue weighted by Gasteiger charge is -2.26. The molecular weight excluding hydrogens is 348 g/mol. The van der Waals surface area contributed by atoms with E-state index in [1.807, 2.05) is 37.3 Å². The van der Waals surface area contributed by atoms with Crippen molar-refractivity contribution in [3.63, 3.8) is 0 Å². The predicted octanol–water partition coefficient (Wildman–Crippen LogP) is 4.71. The maximum absolute atomic E-state index is 10.6. The molecule has 0 radical (unpaired) electrons. The van der Waals surface area contributed by atoms with Gasteiger partial charge in [-0.1, -0.05) is 30.2 Å². The summed E-state index contributed by atoms with van der Waals surface area (Å²) in [7, 11) is 0. The van der Waals surface area contributed by atoms with Crippen molar-refractivity contribution in [1.29, 1.82) is 0 Å². The van der Waals surface area contributed by atoms with Crippen molar-refractivity contribution in [3.8, 4) is 5.75 Å². The van der Waals surface area contributed by atoms with Crippen molar-refractivity contribution in [2.24, 2.45) is 0 Å². The van der Waals surface area contributed by atoms with E-state index in [-0.39, 0.29) is 6.61 Å². The molecule has 1 aromatic heterocycles. The highest BCUT2D eigenvalue weighted by molar-refractivity contribution is 6.30. The van der Waals surface area contributed by atoms with Gasteiger partial charge in [0.25, 0.3) is 0 Å². The minimum absolute atomic E-state index is 0.235. The summed E-state index contributed by atoms with van der Waals surface area (Å²) in [5.74, 6) is 2.36. The van der Waals surface area contributed by atoms with E-state index in [9.17, 15) is 5.11 Å². The van der Waals surface area contributed by atoms with Gasteiger partial charge in [0.2, 0.25) is 0 Å². The summed E-state index contributed by atoms with van der Waals surface area (Å²) in [6.07, 6.45) is 3.01. The molecule has 0 aliphatic heterocycles. The first-order valence-electron chi connectivity index (χ1n) is 9.14. The number of aliphatic hydroxyl groups excluding tert-OH is 1. The third-order valence-corrected chi connectivity index (χ3v) is 5.35. The Bertz CT molecular complexity index is 918. The number of aryl methyl sites for hydroxylation is 1. The van der Waals surface area contributed by atoms with Crippen LogP contribution >= 0.6 is 11.6 Å². The Morgan fingerprint density at radius 3 is 2.81 bits per heavy atom. The van der Waals surface area contributed by atoms with Crippen LogP contribution < -0.4 is 4.74 Å². The van der Waals surface area contributed by atoms with Gasteiger partial charge in [0, 0.05) is 10.9 Å². The van der Waals surface area contributed by atoms with Crippen LogP contribution in [0.5, 0.6) is 5.75 Å². The molecule has 1 aliphatic carbocycles. The number of rotatable bonds is 6. The van der Waals surface area contributed by atoms with E-state index < -0.39 is 6.10 Å². The molecule has 4 rings (SSSR count). The molecule has 0 bridgehead atoms. The minimum atomic E-state index is -0.610. The van der Waals surface area contributed by atoms with Crippen LogP contribution in [0.4, 0.5) is 0 Å². The number of ether oxygens (including phenoxy) is 1. The quantitative estimate of drug-likeness (QED) is 0.683. The van der Waals surface area contributed by atoms with Gasteiger partial charge in [-0.05, 0) is 55.7 Å². The number of benzene rings is 2. The molecule has 0 amide bonds. The highest BCUT2D eigenvalue weighted by Crippen LogP contribution is 2.37. The van der Waals surface area contributed by atoms with Gasteiger partial charge in [0.15, 0.2) is 0 Å². The number of imidazole rings is 1. The lowest BCUT2D eigenvalue weighted by molar-refractivity contribution is 0.0916. The van der Waals surface area contributed by atoms with E-state index in [0.717, 1.165) is 28.2 Å². The lowest BCUT2D eigenvalue weighted by Crippen LogP contribution is -2.26. The summed E-state index contributed by atoms with van der Waals surface area (Å²) in [6, 6.07) is 13.6. The fraction of sp³-hybridized carbons (Fsp3) is 0.381. The SMILES string of the molecule is Cc1cc(Cl)ccc1OCC(O)Cn1c(C2CCC2)nc2ccccc21. The summed E-state index contributed by atoms with van der Waals surface area (Å²) in [6.45, 7) is 2.67. The molecule has 1 saturated carbocycles. The second-order valence-corrected chi connectivity index (χ2v) is 7.51. The first-order chi connectivity index (χ1) is 12.6. The molecule has 5 heteroatoms. The first-order valence-corrected chi connectivity index (χ1v) is 9.52. The standard InChI is InChI=1S/C21H23ClN2O2/c1-14-11-16(22)9-10-20(14)26-13-17(25)12-24-19-8-3-2-7-18(19)23-21(24)15-5-4-6-15/h2-3,7-11,15,17,25H,4-6,12-13H2,1H3. The molecule has 1 atom stereocenters. The van der Waals surface area contributed by atoms with E-state index in [1.54, 1.807) is 6.07 Å². The van der Waals surface area contributed by atoms with E-state index in [4.69, 9.17) is 21.3 Å². The number of aliphatic hydroxyl groups is 1.